The number of aliphatic hydroxyl groups is 1. The Morgan fingerprint density at radius 1 is 1.47 bits per heavy atom. The van der Waals surface area contributed by atoms with Gasteiger partial charge >= 0.3 is 0 Å². The van der Waals surface area contributed by atoms with Crippen molar-refractivity contribution < 1.29 is 17.9 Å². The van der Waals surface area contributed by atoms with Crippen molar-refractivity contribution in [2.75, 3.05) is 13.2 Å². The second-order valence-corrected chi connectivity index (χ2v) is 6.84. The van der Waals surface area contributed by atoms with E-state index in [4.69, 9.17) is 5.11 Å². The van der Waals surface area contributed by atoms with Crippen LogP contribution in [0.2, 0.25) is 0 Å². The van der Waals surface area contributed by atoms with Crippen molar-refractivity contribution in [2.24, 2.45) is 5.92 Å². The highest BCUT2D eigenvalue weighted by Gasteiger charge is 2.17. The third-order valence-electron chi connectivity index (χ3n) is 2.88. The Kier molecular flexibility index (Phi) is 6.38. The van der Waals surface area contributed by atoms with Gasteiger partial charge in [-0.1, -0.05) is 13.3 Å². The van der Waals surface area contributed by atoms with E-state index in [1.807, 2.05) is 6.92 Å². The summed E-state index contributed by atoms with van der Waals surface area (Å²) in [5.74, 6) is -0.551. The molecule has 0 aliphatic heterocycles. The van der Waals surface area contributed by atoms with Crippen molar-refractivity contribution in [2.45, 2.75) is 24.7 Å². The van der Waals surface area contributed by atoms with Gasteiger partial charge in [-0.25, -0.2) is 17.5 Å². The molecule has 0 spiro atoms. The Labute approximate surface area is 121 Å². The lowest BCUT2D eigenvalue weighted by molar-refractivity contribution is 0.254. The van der Waals surface area contributed by atoms with Gasteiger partial charge in [-0.15, -0.1) is 0 Å². The Hall–Kier alpha value is -0.500. The lowest BCUT2D eigenvalue weighted by Crippen LogP contribution is -2.29. The topological polar surface area (TPSA) is 66.4 Å². The Bertz CT molecular complexity index is 522. The largest absolute Gasteiger partial charge is 0.396 e. The summed E-state index contributed by atoms with van der Waals surface area (Å²) in [5, 5.41) is 8.85. The summed E-state index contributed by atoms with van der Waals surface area (Å²) in [5.41, 5.74) is 0. The minimum atomic E-state index is -3.72. The number of sulfonamides is 1. The molecule has 1 unspecified atom stereocenters. The van der Waals surface area contributed by atoms with Gasteiger partial charge in [0.2, 0.25) is 10.0 Å². The second-order valence-electron chi connectivity index (χ2n) is 4.21. The predicted octanol–water partition coefficient (Wildman–Crippen LogP) is 2.28. The Morgan fingerprint density at radius 2 is 2.16 bits per heavy atom. The number of nitrogens with one attached hydrogen (secondary N) is 1. The number of hydrogen-bond acceptors (Lipinski definition) is 3. The number of rotatable bonds is 7. The van der Waals surface area contributed by atoms with E-state index in [9.17, 15) is 12.8 Å². The van der Waals surface area contributed by atoms with E-state index < -0.39 is 15.8 Å². The van der Waals surface area contributed by atoms with Crippen LogP contribution in [0.5, 0.6) is 0 Å². The molecular formula is C12H17BrFNO3S. The normalized spacial score (nSPS) is 13.5. The molecule has 1 atom stereocenters. The zero-order chi connectivity index (χ0) is 14.5. The number of aliphatic hydroxyl groups excluding tert-OH is 1. The van der Waals surface area contributed by atoms with Gasteiger partial charge in [0.1, 0.15) is 5.82 Å². The molecule has 108 valence electrons. The number of hydrogen-bond donors (Lipinski definition) is 2. The molecule has 1 rings (SSSR count). The first-order chi connectivity index (χ1) is 8.90. The van der Waals surface area contributed by atoms with Gasteiger partial charge in [-0.3, -0.25) is 0 Å². The van der Waals surface area contributed by atoms with Crippen LogP contribution in [0.15, 0.2) is 27.6 Å². The SMILES string of the molecule is CCC(CCO)CNS(=O)(=O)c1ccc(Br)c(F)c1. The summed E-state index contributed by atoms with van der Waals surface area (Å²) >= 11 is 2.97. The molecule has 1 aromatic rings. The first-order valence-electron chi connectivity index (χ1n) is 5.96. The number of benzene rings is 1. The summed E-state index contributed by atoms with van der Waals surface area (Å²) in [7, 11) is -3.72. The van der Waals surface area contributed by atoms with E-state index >= 15 is 0 Å². The van der Waals surface area contributed by atoms with Gasteiger partial charge < -0.3 is 5.11 Å². The van der Waals surface area contributed by atoms with Gasteiger partial charge in [0.25, 0.3) is 0 Å². The Balaban J connectivity index is 2.78. The summed E-state index contributed by atoms with van der Waals surface area (Å²) < 4.78 is 39.9. The van der Waals surface area contributed by atoms with Crippen LogP contribution in [0.1, 0.15) is 19.8 Å². The average Bonchev–Trinajstić information content (AvgIpc) is 2.37. The van der Waals surface area contributed by atoms with Crippen LogP contribution in [-0.4, -0.2) is 26.7 Å². The average molecular weight is 354 g/mol. The maximum absolute atomic E-state index is 13.3. The second kappa shape index (κ2) is 7.33. The van der Waals surface area contributed by atoms with Crippen molar-refractivity contribution >= 4 is 26.0 Å². The van der Waals surface area contributed by atoms with Crippen molar-refractivity contribution in [1.29, 1.82) is 0 Å². The van der Waals surface area contributed by atoms with Gasteiger partial charge in [-0.2, -0.15) is 0 Å². The fourth-order valence-electron chi connectivity index (χ4n) is 1.59. The summed E-state index contributed by atoms with van der Waals surface area (Å²) in [6, 6.07) is 3.66. The molecule has 0 bridgehead atoms. The highest BCUT2D eigenvalue weighted by Crippen LogP contribution is 2.19. The van der Waals surface area contributed by atoms with Gasteiger partial charge in [-0.05, 0) is 46.5 Å². The highest BCUT2D eigenvalue weighted by atomic mass is 79.9. The molecule has 7 heteroatoms. The number of halogens is 2. The molecule has 0 aliphatic rings. The molecule has 0 saturated heterocycles. The molecule has 0 saturated carbocycles. The fraction of sp³-hybridized carbons (Fsp3) is 0.500. The van der Waals surface area contributed by atoms with Crippen LogP contribution in [0.25, 0.3) is 0 Å². The zero-order valence-corrected chi connectivity index (χ0v) is 13.0. The first-order valence-corrected chi connectivity index (χ1v) is 8.24. The van der Waals surface area contributed by atoms with E-state index in [-0.39, 0.29) is 28.4 Å². The maximum Gasteiger partial charge on any atom is 0.240 e. The quantitative estimate of drug-likeness (QED) is 0.790. The lowest BCUT2D eigenvalue weighted by atomic mass is 10.0. The zero-order valence-electron chi connectivity index (χ0n) is 10.6. The molecule has 0 amide bonds. The molecule has 0 fully saturated rings. The van der Waals surface area contributed by atoms with Crippen LogP contribution in [-0.2, 0) is 10.0 Å². The molecule has 4 nitrogen and oxygen atoms in total. The molecule has 2 N–H and O–H groups in total. The summed E-state index contributed by atoms with van der Waals surface area (Å²) in [6.45, 7) is 2.18. The smallest absolute Gasteiger partial charge is 0.240 e. The van der Waals surface area contributed by atoms with Crippen molar-refractivity contribution in [3.05, 3.63) is 28.5 Å². The minimum Gasteiger partial charge on any atom is -0.396 e. The third kappa shape index (κ3) is 4.83. The molecule has 0 heterocycles. The standard InChI is InChI=1S/C12H17BrFNO3S/c1-2-9(5-6-16)8-15-19(17,18)10-3-4-11(13)12(14)7-10/h3-4,7,9,15-16H,2,5-6,8H2,1H3. The fourth-order valence-corrected chi connectivity index (χ4v) is 2.96. The maximum atomic E-state index is 13.3. The molecule has 19 heavy (non-hydrogen) atoms. The minimum absolute atomic E-state index is 0.0210. The van der Waals surface area contributed by atoms with Gasteiger partial charge in [0.15, 0.2) is 0 Å². The monoisotopic (exact) mass is 353 g/mol. The first kappa shape index (κ1) is 16.6. The van der Waals surface area contributed by atoms with Crippen LogP contribution < -0.4 is 4.72 Å². The van der Waals surface area contributed by atoms with Crippen LogP contribution in [0.3, 0.4) is 0 Å². The van der Waals surface area contributed by atoms with Crippen molar-refractivity contribution in [3.63, 3.8) is 0 Å². The van der Waals surface area contributed by atoms with E-state index in [0.717, 1.165) is 12.5 Å². The molecule has 0 aliphatic carbocycles. The van der Waals surface area contributed by atoms with Gasteiger partial charge in [0.05, 0.1) is 9.37 Å². The van der Waals surface area contributed by atoms with Crippen LogP contribution >= 0.6 is 15.9 Å². The van der Waals surface area contributed by atoms with E-state index in [0.29, 0.717) is 6.42 Å². The Morgan fingerprint density at radius 3 is 2.68 bits per heavy atom. The third-order valence-corrected chi connectivity index (χ3v) is 4.94. The predicted molar refractivity (Wildman–Crippen MR) is 74.8 cm³/mol. The lowest BCUT2D eigenvalue weighted by Gasteiger charge is -2.14. The van der Waals surface area contributed by atoms with Gasteiger partial charge in [0, 0.05) is 13.2 Å². The molecule has 0 radical (unpaired) electrons. The highest BCUT2D eigenvalue weighted by molar-refractivity contribution is 9.10. The molecule has 0 aromatic heterocycles. The summed E-state index contributed by atoms with van der Waals surface area (Å²) in [4.78, 5) is -0.105. The van der Waals surface area contributed by atoms with Crippen molar-refractivity contribution in [3.8, 4) is 0 Å². The van der Waals surface area contributed by atoms with E-state index in [1.165, 1.54) is 12.1 Å². The molecular weight excluding hydrogens is 337 g/mol. The summed E-state index contributed by atoms with van der Waals surface area (Å²) in [6.07, 6.45) is 1.30. The molecule has 1 aromatic carbocycles. The van der Waals surface area contributed by atoms with E-state index in [1.54, 1.807) is 0 Å². The van der Waals surface area contributed by atoms with E-state index in [2.05, 4.69) is 20.7 Å². The van der Waals surface area contributed by atoms with Crippen LogP contribution in [0, 0.1) is 11.7 Å². The van der Waals surface area contributed by atoms with Crippen LogP contribution in [0.4, 0.5) is 4.39 Å². The van der Waals surface area contributed by atoms with Crippen molar-refractivity contribution in [1.82, 2.24) is 4.72 Å².